The van der Waals surface area contributed by atoms with Crippen LogP contribution in [0.25, 0.3) is 10.9 Å². The van der Waals surface area contributed by atoms with Crippen LogP contribution >= 0.6 is 27.5 Å². The van der Waals surface area contributed by atoms with Crippen LogP contribution in [0.2, 0.25) is 5.02 Å². The maximum Gasteiger partial charge on any atom is 0.0721 e. The Kier molecular flexibility index (Phi) is 4.29. The van der Waals surface area contributed by atoms with Crippen molar-refractivity contribution in [2.75, 3.05) is 13.1 Å². The zero-order chi connectivity index (χ0) is 14.1. The number of nitrogens with zero attached hydrogens (tertiary/aromatic N) is 2. The zero-order valence-electron chi connectivity index (χ0n) is 11.6. The average Bonchev–Trinajstić information content (AvgIpc) is 2.46. The maximum atomic E-state index is 6.65. The summed E-state index contributed by atoms with van der Waals surface area (Å²) in [4.78, 5) is 7.20. The van der Waals surface area contributed by atoms with Gasteiger partial charge < -0.3 is 0 Å². The van der Waals surface area contributed by atoms with Gasteiger partial charge in [-0.25, -0.2) is 0 Å². The third kappa shape index (κ3) is 2.85. The number of halogens is 2. The Labute approximate surface area is 133 Å². The highest BCUT2D eigenvalue weighted by atomic mass is 79.9. The minimum Gasteiger partial charge on any atom is -0.299 e. The molecule has 0 N–H and O–H groups in total. The Morgan fingerprint density at radius 2 is 2.00 bits per heavy atom. The van der Waals surface area contributed by atoms with Gasteiger partial charge in [0.25, 0.3) is 0 Å². The van der Waals surface area contributed by atoms with Crippen molar-refractivity contribution in [1.82, 2.24) is 9.88 Å². The van der Waals surface area contributed by atoms with Crippen LogP contribution in [-0.4, -0.2) is 23.0 Å². The molecule has 20 heavy (non-hydrogen) atoms. The van der Waals surface area contributed by atoms with Gasteiger partial charge in [0.05, 0.1) is 10.5 Å². The molecule has 106 valence electrons. The Bertz CT molecular complexity index is 636. The maximum absolute atomic E-state index is 6.65. The number of likely N-dealkylation sites (tertiary alicyclic amines) is 1. The number of benzene rings is 1. The van der Waals surface area contributed by atoms with Gasteiger partial charge in [0.2, 0.25) is 0 Å². The first-order valence-corrected chi connectivity index (χ1v) is 8.29. The molecule has 4 heteroatoms. The highest BCUT2D eigenvalue weighted by molar-refractivity contribution is 9.10. The Morgan fingerprint density at radius 1 is 1.25 bits per heavy atom. The van der Waals surface area contributed by atoms with Crippen LogP contribution in [0.5, 0.6) is 0 Å². The van der Waals surface area contributed by atoms with Gasteiger partial charge in [0.1, 0.15) is 0 Å². The Morgan fingerprint density at radius 3 is 2.75 bits per heavy atom. The zero-order valence-corrected chi connectivity index (χ0v) is 14.0. The average molecular weight is 354 g/mol. The Hall–Kier alpha value is -0.640. The summed E-state index contributed by atoms with van der Waals surface area (Å²) in [6, 6.07) is 6.09. The fourth-order valence-corrected chi connectivity index (χ4v) is 3.59. The van der Waals surface area contributed by atoms with Crippen LogP contribution in [0.15, 0.2) is 22.7 Å². The van der Waals surface area contributed by atoms with E-state index in [2.05, 4.69) is 33.8 Å². The number of rotatable bonds is 2. The van der Waals surface area contributed by atoms with Crippen molar-refractivity contribution in [3.05, 3.63) is 39.0 Å². The van der Waals surface area contributed by atoms with E-state index in [-0.39, 0.29) is 0 Å². The molecule has 0 atom stereocenters. The minimum atomic E-state index is 0.861. The van der Waals surface area contributed by atoms with Crippen molar-refractivity contribution in [1.29, 1.82) is 0 Å². The summed E-state index contributed by atoms with van der Waals surface area (Å²) in [7, 11) is 0. The van der Waals surface area contributed by atoms with Crippen molar-refractivity contribution in [3.63, 3.8) is 0 Å². The second-order valence-corrected chi connectivity index (χ2v) is 6.78. The van der Waals surface area contributed by atoms with Crippen LogP contribution in [0.3, 0.4) is 0 Å². The summed E-state index contributed by atoms with van der Waals surface area (Å²) in [6.45, 7) is 5.32. The van der Waals surface area contributed by atoms with Crippen LogP contribution in [0.4, 0.5) is 0 Å². The van der Waals surface area contributed by atoms with E-state index >= 15 is 0 Å². The van der Waals surface area contributed by atoms with E-state index in [1.165, 1.54) is 37.9 Å². The number of piperidine rings is 1. The first-order chi connectivity index (χ1) is 9.65. The molecule has 0 bridgehead atoms. The third-order valence-corrected chi connectivity index (χ3v) is 4.94. The molecule has 0 unspecified atom stereocenters. The molecule has 2 aromatic rings. The van der Waals surface area contributed by atoms with E-state index in [1.807, 2.05) is 12.1 Å². The van der Waals surface area contributed by atoms with E-state index in [0.717, 1.165) is 32.6 Å². The quantitative estimate of drug-likeness (QED) is 0.760. The third-order valence-electron chi connectivity index (χ3n) is 4.02. The van der Waals surface area contributed by atoms with Crippen molar-refractivity contribution in [2.24, 2.45) is 0 Å². The molecule has 0 aliphatic carbocycles. The summed E-state index contributed by atoms with van der Waals surface area (Å²) in [6.07, 6.45) is 3.94. The molecule has 1 fully saturated rings. The van der Waals surface area contributed by atoms with E-state index in [4.69, 9.17) is 16.6 Å². The fraction of sp³-hybridized carbons (Fsp3) is 0.438. The number of aromatic nitrogens is 1. The summed E-state index contributed by atoms with van der Waals surface area (Å²) in [5.41, 5.74) is 3.20. The lowest BCUT2D eigenvalue weighted by Gasteiger charge is -2.27. The molecular weight excluding hydrogens is 336 g/mol. The lowest BCUT2D eigenvalue weighted by atomic mass is 10.1. The van der Waals surface area contributed by atoms with Gasteiger partial charge in [0, 0.05) is 27.7 Å². The molecule has 1 aromatic carbocycles. The first-order valence-electron chi connectivity index (χ1n) is 7.12. The number of hydrogen-bond acceptors (Lipinski definition) is 2. The van der Waals surface area contributed by atoms with E-state index in [1.54, 1.807) is 0 Å². The highest BCUT2D eigenvalue weighted by Crippen LogP contribution is 2.31. The first kappa shape index (κ1) is 14.3. The Balaban J connectivity index is 2.00. The van der Waals surface area contributed by atoms with Crippen LogP contribution in [0, 0.1) is 6.92 Å². The van der Waals surface area contributed by atoms with Gasteiger partial charge in [-0.05, 0) is 51.1 Å². The van der Waals surface area contributed by atoms with E-state index in [9.17, 15) is 0 Å². The molecule has 0 radical (unpaired) electrons. The van der Waals surface area contributed by atoms with E-state index in [0.29, 0.717) is 0 Å². The number of aryl methyl sites for hydroxylation is 1. The molecule has 1 aliphatic heterocycles. The summed E-state index contributed by atoms with van der Waals surface area (Å²) >= 11 is 10.2. The van der Waals surface area contributed by atoms with Crippen molar-refractivity contribution >= 4 is 38.4 Å². The topological polar surface area (TPSA) is 16.1 Å². The second kappa shape index (κ2) is 6.00. The van der Waals surface area contributed by atoms with Gasteiger partial charge >= 0.3 is 0 Å². The van der Waals surface area contributed by atoms with Gasteiger partial charge in [-0.3, -0.25) is 9.88 Å². The van der Waals surface area contributed by atoms with Crippen molar-refractivity contribution in [3.8, 4) is 0 Å². The van der Waals surface area contributed by atoms with Gasteiger partial charge in [0.15, 0.2) is 0 Å². The molecule has 1 aliphatic rings. The summed E-state index contributed by atoms with van der Waals surface area (Å²) in [5.74, 6) is 0. The highest BCUT2D eigenvalue weighted by Gasteiger charge is 2.16. The van der Waals surface area contributed by atoms with Gasteiger partial charge in [-0.2, -0.15) is 0 Å². The molecule has 0 spiro atoms. The monoisotopic (exact) mass is 352 g/mol. The number of hydrogen-bond donors (Lipinski definition) is 0. The lowest BCUT2D eigenvalue weighted by molar-refractivity contribution is 0.220. The van der Waals surface area contributed by atoms with Crippen molar-refractivity contribution in [2.45, 2.75) is 32.7 Å². The van der Waals surface area contributed by atoms with Gasteiger partial charge in [-0.15, -0.1) is 0 Å². The molecule has 1 aromatic heterocycles. The SMILES string of the molecule is Cc1nc2ccc(Br)cc2c(Cl)c1CN1CCCCC1. The second-order valence-electron chi connectivity index (χ2n) is 5.49. The van der Waals surface area contributed by atoms with Crippen LogP contribution < -0.4 is 0 Å². The fourth-order valence-electron chi connectivity index (χ4n) is 2.88. The normalized spacial score (nSPS) is 16.8. The predicted molar refractivity (Wildman–Crippen MR) is 88.3 cm³/mol. The predicted octanol–water partition coefficient (Wildman–Crippen LogP) is 4.95. The molecule has 1 saturated heterocycles. The summed E-state index contributed by atoms with van der Waals surface area (Å²) in [5, 5.41) is 1.90. The number of fused-ring (bicyclic) bond motifs is 1. The smallest absolute Gasteiger partial charge is 0.0721 e. The number of pyridine rings is 1. The van der Waals surface area contributed by atoms with E-state index < -0.39 is 0 Å². The minimum absolute atomic E-state index is 0.861. The van der Waals surface area contributed by atoms with Gasteiger partial charge in [-0.1, -0.05) is 34.0 Å². The lowest BCUT2D eigenvalue weighted by Crippen LogP contribution is -2.29. The van der Waals surface area contributed by atoms with Crippen molar-refractivity contribution < 1.29 is 0 Å². The molecular formula is C16H18BrClN2. The summed E-state index contributed by atoms with van der Waals surface area (Å²) < 4.78 is 1.04. The molecule has 2 heterocycles. The molecule has 0 saturated carbocycles. The molecule has 0 amide bonds. The standard InChI is InChI=1S/C16H18BrClN2/c1-11-14(10-20-7-3-2-4-8-20)16(18)13-9-12(17)5-6-15(13)19-11/h5-6,9H,2-4,7-8,10H2,1H3. The van der Waals surface area contributed by atoms with Crippen LogP contribution in [0.1, 0.15) is 30.5 Å². The van der Waals surface area contributed by atoms with Crippen LogP contribution in [-0.2, 0) is 6.54 Å². The molecule has 3 rings (SSSR count). The molecule has 2 nitrogen and oxygen atoms in total. The largest absolute Gasteiger partial charge is 0.299 e.